The Hall–Kier alpha value is -1.59. The highest BCUT2D eigenvalue weighted by Crippen LogP contribution is 2.18. The maximum Gasteiger partial charge on any atom is 0.332 e. The summed E-state index contributed by atoms with van der Waals surface area (Å²) in [4.78, 5) is 21.1. The quantitative estimate of drug-likeness (QED) is 0.465. The van der Waals surface area contributed by atoms with Crippen molar-refractivity contribution in [3.05, 3.63) is 0 Å². The SMILES string of the molecule is CC(C)[C@H](/C=N/NC(N)=O)CC[C@H](C)C(=O)O. The molecule has 0 aromatic carbocycles. The standard InChI is InChI=1S/C11H21N3O3/c1-7(2)9(6-13-14-11(12)17)5-4-8(3)10(15)16/h6-9H,4-5H2,1-3H3,(H,15,16)(H3,12,14,17)/b13-6+/t8-,9-/m0/s1. The van der Waals surface area contributed by atoms with Crippen molar-refractivity contribution in [2.75, 3.05) is 0 Å². The number of hydrogen-bond acceptors (Lipinski definition) is 3. The molecule has 0 rings (SSSR count). The Morgan fingerprint density at radius 3 is 2.35 bits per heavy atom. The first kappa shape index (κ1) is 15.4. The molecule has 0 bridgehead atoms. The molecule has 0 saturated heterocycles. The molecule has 6 heteroatoms. The largest absolute Gasteiger partial charge is 0.481 e. The van der Waals surface area contributed by atoms with Gasteiger partial charge in [0, 0.05) is 6.21 Å². The number of rotatable bonds is 7. The zero-order chi connectivity index (χ0) is 13.4. The van der Waals surface area contributed by atoms with E-state index < -0.39 is 12.0 Å². The number of hydrogen-bond donors (Lipinski definition) is 3. The molecule has 4 N–H and O–H groups in total. The van der Waals surface area contributed by atoms with Gasteiger partial charge in [0.05, 0.1) is 5.92 Å². The number of carboxylic acid groups (broad SMARTS) is 1. The van der Waals surface area contributed by atoms with E-state index >= 15 is 0 Å². The summed E-state index contributed by atoms with van der Waals surface area (Å²) in [5.74, 6) is -0.702. The van der Waals surface area contributed by atoms with Gasteiger partial charge in [0.2, 0.25) is 0 Å². The van der Waals surface area contributed by atoms with Crippen LogP contribution in [0.15, 0.2) is 5.10 Å². The van der Waals surface area contributed by atoms with Crippen LogP contribution in [0.1, 0.15) is 33.6 Å². The second-order valence-electron chi connectivity index (χ2n) is 4.48. The molecule has 0 fully saturated rings. The number of aliphatic carboxylic acids is 1. The summed E-state index contributed by atoms with van der Waals surface area (Å²) in [7, 11) is 0. The molecule has 6 nitrogen and oxygen atoms in total. The van der Waals surface area contributed by atoms with E-state index in [0.717, 1.165) is 6.42 Å². The summed E-state index contributed by atoms with van der Waals surface area (Å²) in [6.45, 7) is 5.72. The summed E-state index contributed by atoms with van der Waals surface area (Å²) in [5.41, 5.74) is 7.01. The van der Waals surface area contributed by atoms with Gasteiger partial charge in [-0.15, -0.1) is 0 Å². The van der Waals surface area contributed by atoms with Crippen molar-refractivity contribution in [1.29, 1.82) is 0 Å². The summed E-state index contributed by atoms with van der Waals surface area (Å²) in [6.07, 6.45) is 2.92. The highest BCUT2D eigenvalue weighted by atomic mass is 16.4. The fraction of sp³-hybridized carbons (Fsp3) is 0.727. The molecule has 2 amide bonds. The summed E-state index contributed by atoms with van der Waals surface area (Å²) in [5, 5.41) is 12.5. The predicted molar refractivity (Wildman–Crippen MR) is 65.6 cm³/mol. The van der Waals surface area contributed by atoms with Crippen molar-refractivity contribution in [3.63, 3.8) is 0 Å². The zero-order valence-corrected chi connectivity index (χ0v) is 10.5. The lowest BCUT2D eigenvalue weighted by Gasteiger charge is -2.17. The number of carbonyl (C=O) groups excluding carboxylic acids is 1. The maximum atomic E-state index is 10.7. The van der Waals surface area contributed by atoms with Gasteiger partial charge < -0.3 is 10.8 Å². The number of primary amides is 1. The fourth-order valence-corrected chi connectivity index (χ4v) is 1.34. The van der Waals surface area contributed by atoms with E-state index in [-0.39, 0.29) is 11.8 Å². The van der Waals surface area contributed by atoms with Gasteiger partial charge >= 0.3 is 12.0 Å². The van der Waals surface area contributed by atoms with Crippen molar-refractivity contribution >= 4 is 18.2 Å². The number of amides is 2. The van der Waals surface area contributed by atoms with Gasteiger partial charge in [-0.1, -0.05) is 20.8 Å². The number of nitrogens with two attached hydrogens (primary N) is 1. The monoisotopic (exact) mass is 243 g/mol. The van der Waals surface area contributed by atoms with Crippen molar-refractivity contribution in [2.24, 2.45) is 28.6 Å². The first-order valence-corrected chi connectivity index (χ1v) is 5.66. The average Bonchev–Trinajstić information content (AvgIpc) is 2.21. The van der Waals surface area contributed by atoms with Crippen molar-refractivity contribution in [2.45, 2.75) is 33.6 Å². The minimum Gasteiger partial charge on any atom is -0.481 e. The average molecular weight is 243 g/mol. The van der Waals surface area contributed by atoms with Crippen LogP contribution in [0.2, 0.25) is 0 Å². The Bertz CT molecular complexity index is 290. The van der Waals surface area contributed by atoms with Crippen LogP contribution in [0.5, 0.6) is 0 Å². The fourth-order valence-electron chi connectivity index (χ4n) is 1.34. The van der Waals surface area contributed by atoms with E-state index in [9.17, 15) is 9.59 Å². The molecule has 98 valence electrons. The molecule has 2 atom stereocenters. The summed E-state index contributed by atoms with van der Waals surface area (Å²) >= 11 is 0. The molecule has 17 heavy (non-hydrogen) atoms. The first-order valence-electron chi connectivity index (χ1n) is 5.66. The van der Waals surface area contributed by atoms with E-state index in [2.05, 4.69) is 10.5 Å². The van der Waals surface area contributed by atoms with E-state index in [1.807, 2.05) is 13.8 Å². The lowest BCUT2D eigenvalue weighted by molar-refractivity contribution is -0.141. The van der Waals surface area contributed by atoms with Gasteiger partial charge in [0.15, 0.2) is 0 Å². The van der Waals surface area contributed by atoms with Crippen molar-refractivity contribution < 1.29 is 14.7 Å². The lowest BCUT2D eigenvalue weighted by atomic mass is 9.89. The number of nitrogens with one attached hydrogen (secondary N) is 1. The van der Waals surface area contributed by atoms with Crippen LogP contribution in [0.3, 0.4) is 0 Å². The van der Waals surface area contributed by atoms with Crippen LogP contribution in [0.4, 0.5) is 4.79 Å². The van der Waals surface area contributed by atoms with Crippen molar-refractivity contribution in [1.82, 2.24) is 5.43 Å². The Kier molecular flexibility index (Phi) is 6.93. The van der Waals surface area contributed by atoms with Gasteiger partial charge in [0.25, 0.3) is 0 Å². The van der Waals surface area contributed by atoms with Gasteiger partial charge in [-0.3, -0.25) is 4.79 Å². The number of hydrazone groups is 1. The third kappa shape index (κ3) is 7.32. The molecule has 0 aliphatic carbocycles. The smallest absolute Gasteiger partial charge is 0.332 e. The van der Waals surface area contributed by atoms with Gasteiger partial charge in [-0.05, 0) is 24.7 Å². The van der Waals surface area contributed by atoms with Crippen LogP contribution >= 0.6 is 0 Å². The van der Waals surface area contributed by atoms with Crippen molar-refractivity contribution in [3.8, 4) is 0 Å². The molecule has 0 radical (unpaired) electrons. The second-order valence-corrected chi connectivity index (χ2v) is 4.48. The number of carboxylic acids is 1. The van der Waals surface area contributed by atoms with E-state index in [1.54, 1.807) is 13.1 Å². The summed E-state index contributed by atoms with van der Waals surface area (Å²) in [6, 6.07) is -0.706. The van der Waals surface area contributed by atoms with E-state index in [1.165, 1.54) is 0 Å². The molecular weight excluding hydrogens is 222 g/mol. The highest BCUT2D eigenvalue weighted by molar-refractivity contribution is 5.73. The molecule has 0 saturated carbocycles. The van der Waals surface area contributed by atoms with Gasteiger partial charge in [0.1, 0.15) is 0 Å². The Labute approximate surface area is 101 Å². The minimum absolute atomic E-state index is 0.128. The summed E-state index contributed by atoms with van der Waals surface area (Å²) < 4.78 is 0. The van der Waals surface area contributed by atoms with Gasteiger partial charge in [-0.25, -0.2) is 10.2 Å². The topological polar surface area (TPSA) is 105 Å². The first-order chi connectivity index (χ1) is 7.84. The van der Waals surface area contributed by atoms with Crippen LogP contribution in [0, 0.1) is 17.8 Å². The molecule has 0 spiro atoms. The molecule has 0 aliphatic heterocycles. The number of carbonyl (C=O) groups is 2. The van der Waals surface area contributed by atoms with Crippen LogP contribution in [-0.4, -0.2) is 23.3 Å². The normalized spacial score (nSPS) is 14.8. The molecule has 0 heterocycles. The van der Waals surface area contributed by atoms with Crippen LogP contribution < -0.4 is 11.2 Å². The Balaban J connectivity index is 4.20. The van der Waals surface area contributed by atoms with E-state index in [0.29, 0.717) is 12.3 Å². The Morgan fingerprint density at radius 2 is 1.94 bits per heavy atom. The van der Waals surface area contributed by atoms with Crippen LogP contribution in [0.25, 0.3) is 0 Å². The van der Waals surface area contributed by atoms with Crippen LogP contribution in [-0.2, 0) is 4.79 Å². The Morgan fingerprint density at radius 1 is 1.35 bits per heavy atom. The third-order valence-corrected chi connectivity index (χ3v) is 2.65. The molecule has 0 aliphatic rings. The second kappa shape index (κ2) is 7.65. The van der Waals surface area contributed by atoms with E-state index in [4.69, 9.17) is 10.8 Å². The predicted octanol–water partition coefficient (Wildman–Crippen LogP) is 1.41. The zero-order valence-electron chi connectivity index (χ0n) is 10.5. The maximum absolute atomic E-state index is 10.7. The molecule has 0 unspecified atom stereocenters. The number of nitrogens with zero attached hydrogens (tertiary/aromatic N) is 1. The third-order valence-electron chi connectivity index (χ3n) is 2.65. The number of urea groups is 1. The molecular formula is C11H21N3O3. The highest BCUT2D eigenvalue weighted by Gasteiger charge is 2.16. The molecule has 0 aromatic heterocycles. The lowest BCUT2D eigenvalue weighted by Crippen LogP contribution is -2.25. The minimum atomic E-state index is -0.792. The van der Waals surface area contributed by atoms with Gasteiger partial charge in [-0.2, -0.15) is 5.10 Å². The molecule has 0 aromatic rings.